The van der Waals surface area contributed by atoms with Gasteiger partial charge in [-0.05, 0) is 70.1 Å². The average Bonchev–Trinajstić information content (AvgIpc) is 3.21. The smallest absolute Gasteiger partial charge is 0.407 e. The van der Waals surface area contributed by atoms with Crippen molar-refractivity contribution in [2.75, 3.05) is 6.54 Å². The van der Waals surface area contributed by atoms with Crippen LogP contribution in [0.4, 0.5) is 4.79 Å². The predicted molar refractivity (Wildman–Crippen MR) is 95.4 cm³/mol. The minimum atomic E-state index is -0.347. The molecule has 0 aliphatic heterocycles. The summed E-state index contributed by atoms with van der Waals surface area (Å²) in [7, 11) is 0. The Kier molecular flexibility index (Phi) is 6.16. The third-order valence-electron chi connectivity index (χ3n) is 6.22. The molecule has 3 nitrogen and oxygen atoms in total. The first-order chi connectivity index (χ1) is 10.9. The van der Waals surface area contributed by atoms with E-state index in [2.05, 4.69) is 45.2 Å². The van der Waals surface area contributed by atoms with Gasteiger partial charge in [-0.2, -0.15) is 0 Å². The molecule has 2 aliphatic carbocycles. The summed E-state index contributed by atoms with van der Waals surface area (Å²) in [5, 5.41) is 2.99. The van der Waals surface area contributed by atoms with E-state index < -0.39 is 0 Å². The number of nitrogens with one attached hydrogen (secondary N) is 1. The van der Waals surface area contributed by atoms with Crippen LogP contribution in [0.5, 0.6) is 0 Å². The molecule has 0 heterocycles. The van der Waals surface area contributed by atoms with E-state index in [0.717, 1.165) is 13.0 Å². The van der Waals surface area contributed by atoms with Gasteiger partial charge in [-0.25, -0.2) is 4.79 Å². The first kappa shape index (κ1) is 18.4. The Balaban J connectivity index is 1.72. The molecule has 0 aromatic carbocycles. The van der Waals surface area contributed by atoms with Gasteiger partial charge in [-0.3, -0.25) is 0 Å². The van der Waals surface area contributed by atoms with Gasteiger partial charge in [0.05, 0.1) is 0 Å². The maximum atomic E-state index is 12.2. The van der Waals surface area contributed by atoms with Gasteiger partial charge in [0.15, 0.2) is 0 Å². The summed E-state index contributed by atoms with van der Waals surface area (Å²) in [5.74, 6) is 1.21. The summed E-state index contributed by atoms with van der Waals surface area (Å²) in [5.41, 5.74) is 0.0681. The van der Waals surface area contributed by atoms with Crippen LogP contribution in [0.2, 0.25) is 0 Å². The minimum Gasteiger partial charge on any atom is -0.443 e. The first-order valence-corrected chi connectivity index (χ1v) is 9.53. The van der Waals surface area contributed by atoms with E-state index in [1.165, 1.54) is 44.9 Å². The normalized spacial score (nSPS) is 28.8. The van der Waals surface area contributed by atoms with Gasteiger partial charge in [-0.1, -0.05) is 38.3 Å². The molecule has 2 aliphatic rings. The predicted octanol–water partition coefficient (Wildman–Crippen LogP) is 5.45. The van der Waals surface area contributed by atoms with Crippen LogP contribution >= 0.6 is 0 Å². The maximum Gasteiger partial charge on any atom is 0.407 e. The Morgan fingerprint density at radius 3 is 2.61 bits per heavy atom. The zero-order chi connectivity index (χ0) is 16.9. The lowest BCUT2D eigenvalue weighted by Gasteiger charge is -2.36. The first-order valence-electron chi connectivity index (χ1n) is 9.53. The summed E-state index contributed by atoms with van der Waals surface area (Å²) >= 11 is 0. The Labute approximate surface area is 142 Å². The maximum absolute atomic E-state index is 12.2. The zero-order valence-electron chi connectivity index (χ0n) is 15.5. The molecule has 23 heavy (non-hydrogen) atoms. The van der Waals surface area contributed by atoms with Gasteiger partial charge in [0, 0.05) is 6.54 Å². The second-order valence-electron chi connectivity index (χ2n) is 8.06. The van der Waals surface area contributed by atoms with Crippen molar-refractivity contribution in [2.24, 2.45) is 17.3 Å². The van der Waals surface area contributed by atoms with Crippen LogP contribution in [0.3, 0.4) is 0 Å². The van der Waals surface area contributed by atoms with Gasteiger partial charge in [-0.15, -0.1) is 0 Å². The van der Waals surface area contributed by atoms with Crippen molar-refractivity contribution in [1.29, 1.82) is 0 Å². The van der Waals surface area contributed by atoms with Crippen LogP contribution in [-0.2, 0) is 4.74 Å². The third-order valence-corrected chi connectivity index (χ3v) is 6.22. The average molecular weight is 322 g/mol. The summed E-state index contributed by atoms with van der Waals surface area (Å²) in [6.45, 7) is 9.20. The number of hydrogen-bond acceptors (Lipinski definition) is 2. The summed E-state index contributed by atoms with van der Waals surface area (Å²) < 4.78 is 5.76. The molecule has 2 atom stereocenters. The van der Waals surface area contributed by atoms with E-state index in [-0.39, 0.29) is 11.7 Å². The van der Waals surface area contributed by atoms with E-state index in [1.807, 2.05) is 0 Å². The molecule has 0 aromatic heterocycles. The van der Waals surface area contributed by atoms with Crippen molar-refractivity contribution in [3.63, 3.8) is 0 Å². The highest BCUT2D eigenvalue weighted by atomic mass is 16.6. The molecule has 132 valence electrons. The number of amides is 1. The van der Waals surface area contributed by atoms with Crippen molar-refractivity contribution in [2.45, 2.75) is 84.7 Å². The van der Waals surface area contributed by atoms with Crippen LogP contribution in [0, 0.1) is 17.3 Å². The van der Waals surface area contributed by atoms with Gasteiger partial charge in [0.2, 0.25) is 0 Å². The number of hydrogen-bond donors (Lipinski definition) is 1. The van der Waals surface area contributed by atoms with Gasteiger partial charge in [0.25, 0.3) is 0 Å². The lowest BCUT2D eigenvalue weighted by atomic mass is 9.79. The molecule has 3 heteroatoms. The topological polar surface area (TPSA) is 38.3 Å². The second kappa shape index (κ2) is 7.72. The van der Waals surface area contributed by atoms with Crippen LogP contribution in [0.25, 0.3) is 0 Å². The van der Waals surface area contributed by atoms with Crippen molar-refractivity contribution in [3.8, 4) is 0 Å². The summed E-state index contributed by atoms with van der Waals surface area (Å²) in [4.78, 5) is 12.2. The molecule has 1 N–H and O–H groups in total. The summed E-state index contributed by atoms with van der Waals surface area (Å²) in [6, 6.07) is 0. The Morgan fingerprint density at radius 1 is 1.30 bits per heavy atom. The van der Waals surface area contributed by atoms with E-state index in [0.29, 0.717) is 17.3 Å². The molecule has 2 saturated carbocycles. The van der Waals surface area contributed by atoms with E-state index in [4.69, 9.17) is 4.74 Å². The molecule has 0 spiro atoms. The molecular weight excluding hydrogens is 286 g/mol. The number of ether oxygens (including phenoxy) is 1. The summed E-state index contributed by atoms with van der Waals surface area (Å²) in [6.07, 6.45) is 14.0. The van der Waals surface area contributed by atoms with Crippen molar-refractivity contribution in [1.82, 2.24) is 5.32 Å². The van der Waals surface area contributed by atoms with Crippen LogP contribution in [0.15, 0.2) is 12.2 Å². The zero-order valence-corrected chi connectivity index (χ0v) is 15.5. The van der Waals surface area contributed by atoms with Gasteiger partial charge >= 0.3 is 6.09 Å². The molecule has 2 unspecified atom stereocenters. The third kappa shape index (κ3) is 4.74. The van der Waals surface area contributed by atoms with E-state index in [9.17, 15) is 4.79 Å². The van der Waals surface area contributed by atoms with Crippen LogP contribution in [0.1, 0.15) is 79.1 Å². The monoisotopic (exact) mass is 321 g/mol. The molecule has 2 fully saturated rings. The van der Waals surface area contributed by atoms with E-state index >= 15 is 0 Å². The van der Waals surface area contributed by atoms with Crippen LogP contribution < -0.4 is 5.32 Å². The Bertz CT molecular complexity index is 423. The number of alkyl carbamates (subject to hydrolysis) is 1. The number of allylic oxidation sites excluding steroid dienone is 2. The molecule has 0 aromatic rings. The minimum absolute atomic E-state index is 0.241. The fraction of sp³-hybridized carbons (Fsp3) is 0.850. The van der Waals surface area contributed by atoms with Gasteiger partial charge < -0.3 is 10.1 Å². The highest BCUT2D eigenvalue weighted by Crippen LogP contribution is 2.58. The molecule has 2 rings (SSSR count). The fourth-order valence-electron chi connectivity index (χ4n) is 4.32. The Hall–Kier alpha value is -0.990. The Morgan fingerprint density at radius 2 is 2.00 bits per heavy atom. The fourth-order valence-corrected chi connectivity index (χ4v) is 4.32. The van der Waals surface area contributed by atoms with Gasteiger partial charge in [0.1, 0.15) is 5.60 Å². The highest BCUT2D eigenvalue weighted by molar-refractivity contribution is 5.67. The highest BCUT2D eigenvalue weighted by Gasteiger charge is 2.50. The van der Waals surface area contributed by atoms with Crippen molar-refractivity contribution < 1.29 is 9.53 Å². The molecule has 0 radical (unpaired) electrons. The number of carbonyl (C=O) groups excluding carboxylic acids is 1. The SMILES string of the molecule is C/C=C\C1CC1(CC)CCNC(=O)OC(C)(C)C1CCCCC1. The van der Waals surface area contributed by atoms with Crippen molar-refractivity contribution in [3.05, 3.63) is 12.2 Å². The van der Waals surface area contributed by atoms with Crippen LogP contribution in [-0.4, -0.2) is 18.2 Å². The number of carbonyl (C=O) groups is 1. The molecular formula is C20H35NO2. The largest absolute Gasteiger partial charge is 0.443 e. The lowest BCUT2D eigenvalue weighted by molar-refractivity contribution is -0.0185. The molecule has 1 amide bonds. The quantitative estimate of drug-likeness (QED) is 0.633. The standard InChI is InChI=1S/C20H35NO2/c1-5-10-17-15-20(17,6-2)13-14-21-18(22)23-19(3,4)16-11-8-7-9-12-16/h5,10,16-17H,6-9,11-15H2,1-4H3,(H,21,22)/b10-5-. The van der Waals surface area contributed by atoms with E-state index in [1.54, 1.807) is 0 Å². The molecule has 0 saturated heterocycles. The molecule has 0 bridgehead atoms. The second-order valence-corrected chi connectivity index (χ2v) is 8.06. The van der Waals surface area contributed by atoms with Crippen molar-refractivity contribution >= 4 is 6.09 Å². The lowest BCUT2D eigenvalue weighted by Crippen LogP contribution is -2.41. The number of rotatable bonds is 7.